The molecule has 1 aliphatic heterocycles. The number of nitrogens with two attached hydrogens (primary N) is 1. The number of methoxy groups -OCH3 is 1. The maximum Gasteiger partial charge on any atom is 0.254 e. The average Bonchev–Trinajstić information content (AvgIpc) is 2.48. The van der Waals surface area contributed by atoms with Crippen molar-refractivity contribution in [3.8, 4) is 0 Å². The molecule has 1 saturated heterocycles. The van der Waals surface area contributed by atoms with E-state index >= 15 is 0 Å². The number of piperidine rings is 1. The molecule has 0 aliphatic carbocycles. The first kappa shape index (κ1) is 17.8. The van der Waals surface area contributed by atoms with Crippen LogP contribution in [-0.2, 0) is 4.74 Å². The van der Waals surface area contributed by atoms with Gasteiger partial charge in [-0.15, -0.1) is 12.4 Å². The molecule has 7 heteroatoms. The van der Waals surface area contributed by atoms with Crippen molar-refractivity contribution < 1.29 is 18.3 Å². The van der Waals surface area contributed by atoms with Gasteiger partial charge in [-0.25, -0.2) is 8.78 Å². The Bertz CT molecular complexity index is 502. The van der Waals surface area contributed by atoms with Crippen molar-refractivity contribution in [2.75, 3.05) is 20.2 Å². The van der Waals surface area contributed by atoms with E-state index in [2.05, 4.69) is 0 Å². The molecule has 1 fully saturated rings. The van der Waals surface area contributed by atoms with E-state index in [-0.39, 0.29) is 36.0 Å². The number of halogens is 3. The Morgan fingerprint density at radius 3 is 2.71 bits per heavy atom. The van der Waals surface area contributed by atoms with Crippen LogP contribution in [0.5, 0.6) is 0 Å². The minimum atomic E-state index is -1.02. The number of amides is 1. The fourth-order valence-corrected chi connectivity index (χ4v) is 2.51. The number of rotatable bonds is 3. The number of ether oxygens (including phenoxy) is 1. The Morgan fingerprint density at radius 1 is 1.43 bits per heavy atom. The van der Waals surface area contributed by atoms with Gasteiger partial charge in [0.05, 0.1) is 6.10 Å². The topological polar surface area (TPSA) is 55.6 Å². The highest BCUT2D eigenvalue weighted by Gasteiger charge is 2.31. The lowest BCUT2D eigenvalue weighted by Crippen LogP contribution is -2.51. The van der Waals surface area contributed by atoms with Crippen LogP contribution in [0.2, 0.25) is 0 Å². The number of nitrogens with zero attached hydrogens (tertiary/aromatic N) is 1. The number of hydrogen-bond donors (Lipinski definition) is 1. The molecule has 1 aliphatic rings. The van der Waals surface area contributed by atoms with Crippen LogP contribution < -0.4 is 5.73 Å². The SMILES string of the molecule is COC1CCN(C(=O)c2ccc(F)c(F)c2)C(CN)C1.Cl. The normalized spacial score (nSPS) is 21.8. The highest BCUT2D eigenvalue weighted by molar-refractivity contribution is 5.94. The van der Waals surface area contributed by atoms with Crippen molar-refractivity contribution in [1.82, 2.24) is 4.90 Å². The summed E-state index contributed by atoms with van der Waals surface area (Å²) in [7, 11) is 1.63. The summed E-state index contributed by atoms with van der Waals surface area (Å²) in [4.78, 5) is 14.0. The van der Waals surface area contributed by atoms with E-state index in [9.17, 15) is 13.6 Å². The molecule has 1 heterocycles. The van der Waals surface area contributed by atoms with Gasteiger partial charge in [-0.2, -0.15) is 0 Å². The molecule has 21 heavy (non-hydrogen) atoms. The number of carbonyl (C=O) groups excluding carboxylic acids is 1. The lowest BCUT2D eigenvalue weighted by molar-refractivity contribution is 0.0139. The zero-order valence-corrected chi connectivity index (χ0v) is 12.5. The average molecular weight is 321 g/mol. The van der Waals surface area contributed by atoms with E-state index in [0.717, 1.165) is 12.1 Å². The Balaban J connectivity index is 0.00000220. The predicted octanol–water partition coefficient (Wildman–Crippen LogP) is 1.96. The van der Waals surface area contributed by atoms with Crippen molar-refractivity contribution in [2.24, 2.45) is 5.73 Å². The molecule has 1 amide bonds. The third-order valence-corrected chi connectivity index (χ3v) is 3.70. The summed E-state index contributed by atoms with van der Waals surface area (Å²) in [5.74, 6) is -2.31. The molecule has 2 rings (SSSR count). The molecular formula is C14H19ClF2N2O2. The largest absolute Gasteiger partial charge is 0.381 e. The van der Waals surface area contributed by atoms with Gasteiger partial charge in [-0.3, -0.25) is 4.79 Å². The monoisotopic (exact) mass is 320 g/mol. The second kappa shape index (κ2) is 7.68. The van der Waals surface area contributed by atoms with Crippen LogP contribution in [0.3, 0.4) is 0 Å². The lowest BCUT2D eigenvalue weighted by atomic mass is 9.98. The Hall–Kier alpha value is -1.24. The van der Waals surface area contributed by atoms with Gasteiger partial charge in [0.25, 0.3) is 5.91 Å². The summed E-state index contributed by atoms with van der Waals surface area (Å²) < 4.78 is 31.4. The standard InChI is InChI=1S/C14H18F2N2O2.ClH/c1-20-11-4-5-18(10(7-11)8-17)14(19)9-2-3-12(15)13(16)6-9;/h2-3,6,10-11H,4-5,7-8,17H2,1H3;1H. The first-order chi connectivity index (χ1) is 9.56. The highest BCUT2D eigenvalue weighted by Crippen LogP contribution is 2.22. The van der Waals surface area contributed by atoms with Crippen LogP contribution in [0, 0.1) is 11.6 Å². The van der Waals surface area contributed by atoms with Crippen LogP contribution in [-0.4, -0.2) is 43.2 Å². The molecule has 0 radical (unpaired) electrons. The van der Waals surface area contributed by atoms with Gasteiger partial charge in [0, 0.05) is 31.8 Å². The molecular weight excluding hydrogens is 302 g/mol. The summed E-state index contributed by atoms with van der Waals surface area (Å²) in [5.41, 5.74) is 5.83. The quantitative estimate of drug-likeness (QED) is 0.926. The fraction of sp³-hybridized carbons (Fsp3) is 0.500. The minimum absolute atomic E-state index is 0. The Labute approximate surface area is 128 Å². The van der Waals surface area contributed by atoms with Crippen LogP contribution in [0.4, 0.5) is 8.78 Å². The lowest BCUT2D eigenvalue weighted by Gasteiger charge is -2.38. The summed E-state index contributed by atoms with van der Waals surface area (Å²) in [6, 6.07) is 3.03. The van der Waals surface area contributed by atoms with Crippen molar-refractivity contribution in [2.45, 2.75) is 25.0 Å². The second-order valence-corrected chi connectivity index (χ2v) is 4.90. The number of carbonyl (C=O) groups is 1. The first-order valence-corrected chi connectivity index (χ1v) is 6.55. The third-order valence-electron chi connectivity index (χ3n) is 3.70. The molecule has 2 N–H and O–H groups in total. The Morgan fingerprint density at radius 2 is 2.14 bits per heavy atom. The maximum absolute atomic E-state index is 13.2. The zero-order chi connectivity index (χ0) is 14.7. The summed E-state index contributed by atoms with van der Waals surface area (Å²) in [5, 5.41) is 0. The molecule has 4 nitrogen and oxygen atoms in total. The summed E-state index contributed by atoms with van der Waals surface area (Å²) >= 11 is 0. The van der Waals surface area contributed by atoms with Gasteiger partial charge >= 0.3 is 0 Å². The Kier molecular flexibility index (Phi) is 6.51. The second-order valence-electron chi connectivity index (χ2n) is 4.90. The predicted molar refractivity (Wildman–Crippen MR) is 77.5 cm³/mol. The summed E-state index contributed by atoms with van der Waals surface area (Å²) in [6.45, 7) is 0.813. The number of likely N-dealkylation sites (tertiary alicyclic amines) is 1. The van der Waals surface area contributed by atoms with E-state index in [1.807, 2.05) is 0 Å². The van der Waals surface area contributed by atoms with E-state index in [0.29, 0.717) is 25.9 Å². The van der Waals surface area contributed by atoms with E-state index in [4.69, 9.17) is 10.5 Å². The van der Waals surface area contributed by atoms with Gasteiger partial charge in [0.2, 0.25) is 0 Å². The minimum Gasteiger partial charge on any atom is -0.381 e. The van der Waals surface area contributed by atoms with Gasteiger partial charge < -0.3 is 15.4 Å². The highest BCUT2D eigenvalue weighted by atomic mass is 35.5. The maximum atomic E-state index is 13.2. The number of hydrogen-bond acceptors (Lipinski definition) is 3. The van der Waals surface area contributed by atoms with Gasteiger partial charge in [0.1, 0.15) is 0 Å². The van der Waals surface area contributed by atoms with Crippen molar-refractivity contribution in [1.29, 1.82) is 0 Å². The zero-order valence-electron chi connectivity index (χ0n) is 11.7. The molecule has 1 aromatic rings. The number of benzene rings is 1. The van der Waals surface area contributed by atoms with Crippen LogP contribution in [0.1, 0.15) is 23.2 Å². The van der Waals surface area contributed by atoms with Gasteiger partial charge in [-0.05, 0) is 31.0 Å². The van der Waals surface area contributed by atoms with Gasteiger partial charge in [0.15, 0.2) is 11.6 Å². The van der Waals surface area contributed by atoms with Crippen molar-refractivity contribution in [3.05, 3.63) is 35.4 Å². The molecule has 0 aromatic heterocycles. The van der Waals surface area contributed by atoms with E-state index in [1.54, 1.807) is 12.0 Å². The molecule has 0 bridgehead atoms. The van der Waals surface area contributed by atoms with Crippen molar-refractivity contribution in [3.63, 3.8) is 0 Å². The van der Waals surface area contributed by atoms with Crippen LogP contribution >= 0.6 is 12.4 Å². The molecule has 0 saturated carbocycles. The molecule has 2 atom stereocenters. The van der Waals surface area contributed by atoms with E-state index < -0.39 is 11.6 Å². The first-order valence-electron chi connectivity index (χ1n) is 6.55. The van der Waals surface area contributed by atoms with E-state index in [1.165, 1.54) is 6.07 Å². The van der Waals surface area contributed by atoms with Crippen LogP contribution in [0.25, 0.3) is 0 Å². The molecule has 1 aromatic carbocycles. The van der Waals surface area contributed by atoms with Crippen LogP contribution in [0.15, 0.2) is 18.2 Å². The van der Waals surface area contributed by atoms with Crippen molar-refractivity contribution >= 4 is 18.3 Å². The molecule has 0 spiro atoms. The summed E-state index contributed by atoms with van der Waals surface area (Å²) in [6.07, 6.45) is 1.45. The third kappa shape index (κ3) is 3.90. The van der Waals surface area contributed by atoms with Gasteiger partial charge in [-0.1, -0.05) is 0 Å². The fourth-order valence-electron chi connectivity index (χ4n) is 2.51. The molecule has 2 unspecified atom stereocenters. The molecule has 118 valence electrons. The smallest absolute Gasteiger partial charge is 0.254 e.